The summed E-state index contributed by atoms with van der Waals surface area (Å²) in [5.41, 5.74) is 1.69. The number of nitro groups is 1. The zero-order valence-corrected chi connectivity index (χ0v) is 13.1. The predicted molar refractivity (Wildman–Crippen MR) is 86.9 cm³/mol. The molecule has 0 radical (unpaired) electrons. The fourth-order valence-corrected chi connectivity index (χ4v) is 2.68. The molecule has 0 atom stereocenters. The molecule has 0 aromatic heterocycles. The molecule has 0 heterocycles. The number of nitrogens with one attached hydrogen (secondary N) is 2. The van der Waals surface area contributed by atoms with E-state index < -0.39 is 0 Å². The number of anilines is 2. The molecular formula is C16H25N3O2. The molecule has 2 rings (SSSR count). The van der Waals surface area contributed by atoms with Gasteiger partial charge in [-0.15, -0.1) is 0 Å². The van der Waals surface area contributed by atoms with Crippen molar-refractivity contribution in [3.8, 4) is 0 Å². The predicted octanol–water partition coefficient (Wildman–Crippen LogP) is 4.26. The monoisotopic (exact) mass is 291 g/mol. The van der Waals surface area contributed by atoms with Crippen LogP contribution >= 0.6 is 0 Å². The summed E-state index contributed by atoms with van der Waals surface area (Å²) in [6.45, 7) is 8.04. The molecule has 0 unspecified atom stereocenters. The summed E-state index contributed by atoms with van der Waals surface area (Å²) in [5, 5.41) is 17.9. The molecule has 116 valence electrons. The van der Waals surface area contributed by atoms with Gasteiger partial charge in [0, 0.05) is 13.1 Å². The maximum atomic E-state index is 11.4. The molecule has 1 aromatic rings. The van der Waals surface area contributed by atoms with Crippen molar-refractivity contribution in [2.24, 2.45) is 11.3 Å². The normalized spacial score (nSPS) is 15.8. The highest BCUT2D eigenvalue weighted by Gasteiger charge is 2.45. The van der Waals surface area contributed by atoms with E-state index in [1.165, 1.54) is 12.8 Å². The Morgan fingerprint density at radius 3 is 2.38 bits per heavy atom. The Balaban J connectivity index is 2.16. The number of para-hydroxylation sites is 1. The maximum absolute atomic E-state index is 11.4. The summed E-state index contributed by atoms with van der Waals surface area (Å²) in [6.07, 6.45) is 3.35. The van der Waals surface area contributed by atoms with Crippen LogP contribution in [0.2, 0.25) is 0 Å². The molecule has 0 saturated heterocycles. The highest BCUT2D eigenvalue weighted by Crippen LogP contribution is 2.52. The van der Waals surface area contributed by atoms with Crippen LogP contribution in [0.15, 0.2) is 18.2 Å². The van der Waals surface area contributed by atoms with Gasteiger partial charge in [0.2, 0.25) is 0 Å². The summed E-state index contributed by atoms with van der Waals surface area (Å²) in [7, 11) is 0. The molecule has 0 amide bonds. The van der Waals surface area contributed by atoms with Crippen LogP contribution in [0.4, 0.5) is 17.1 Å². The maximum Gasteiger partial charge on any atom is 0.315 e. The van der Waals surface area contributed by atoms with Crippen molar-refractivity contribution in [1.29, 1.82) is 0 Å². The first-order valence-corrected chi connectivity index (χ1v) is 7.75. The average Bonchev–Trinajstić information content (AvgIpc) is 3.23. The largest absolute Gasteiger partial charge is 0.379 e. The molecule has 0 bridgehead atoms. The molecule has 1 fully saturated rings. The molecule has 0 spiro atoms. The van der Waals surface area contributed by atoms with E-state index in [4.69, 9.17) is 0 Å². The third-order valence-electron chi connectivity index (χ3n) is 4.53. The van der Waals surface area contributed by atoms with Crippen LogP contribution in [0.25, 0.3) is 0 Å². The second-order valence-corrected chi connectivity index (χ2v) is 6.26. The quantitative estimate of drug-likeness (QED) is 0.554. The summed E-state index contributed by atoms with van der Waals surface area (Å²) in [5.74, 6) is 0.602. The highest BCUT2D eigenvalue weighted by molar-refractivity contribution is 5.76. The molecule has 5 nitrogen and oxygen atoms in total. The van der Waals surface area contributed by atoms with Crippen molar-refractivity contribution in [1.82, 2.24) is 0 Å². The smallest absolute Gasteiger partial charge is 0.315 e. The van der Waals surface area contributed by atoms with Crippen LogP contribution in [0, 0.1) is 21.4 Å². The minimum Gasteiger partial charge on any atom is -0.379 e. The van der Waals surface area contributed by atoms with Gasteiger partial charge in [-0.3, -0.25) is 10.1 Å². The second-order valence-electron chi connectivity index (χ2n) is 6.26. The average molecular weight is 291 g/mol. The van der Waals surface area contributed by atoms with Gasteiger partial charge in [-0.2, -0.15) is 0 Å². The van der Waals surface area contributed by atoms with Crippen molar-refractivity contribution in [3.05, 3.63) is 28.3 Å². The summed E-state index contributed by atoms with van der Waals surface area (Å²) in [4.78, 5) is 11.1. The first-order valence-electron chi connectivity index (χ1n) is 7.75. The molecule has 1 saturated carbocycles. The fraction of sp³-hybridized carbons (Fsp3) is 0.625. The lowest BCUT2D eigenvalue weighted by Gasteiger charge is -2.21. The van der Waals surface area contributed by atoms with Gasteiger partial charge in [-0.05, 0) is 42.7 Å². The van der Waals surface area contributed by atoms with Crippen molar-refractivity contribution < 1.29 is 4.92 Å². The Bertz CT molecular complexity index is 510. The van der Waals surface area contributed by atoms with Crippen LogP contribution in [0.1, 0.15) is 40.0 Å². The zero-order valence-electron chi connectivity index (χ0n) is 13.1. The molecule has 0 aliphatic heterocycles. The van der Waals surface area contributed by atoms with Crippen LogP contribution in [-0.2, 0) is 0 Å². The van der Waals surface area contributed by atoms with Gasteiger partial charge in [0.15, 0.2) is 0 Å². The molecule has 1 aliphatic rings. The van der Waals surface area contributed by atoms with E-state index in [1.54, 1.807) is 12.1 Å². The van der Waals surface area contributed by atoms with Gasteiger partial charge in [-0.25, -0.2) is 0 Å². The summed E-state index contributed by atoms with van der Waals surface area (Å²) in [6, 6.07) is 5.43. The van der Waals surface area contributed by atoms with Crippen LogP contribution in [0.5, 0.6) is 0 Å². The first kappa shape index (κ1) is 15.6. The Kier molecular flexibility index (Phi) is 4.70. The Morgan fingerprint density at radius 1 is 1.29 bits per heavy atom. The van der Waals surface area contributed by atoms with E-state index in [0.29, 0.717) is 22.7 Å². The zero-order chi connectivity index (χ0) is 15.5. The van der Waals surface area contributed by atoms with E-state index in [9.17, 15) is 10.1 Å². The highest BCUT2D eigenvalue weighted by atomic mass is 16.6. The van der Waals surface area contributed by atoms with Crippen molar-refractivity contribution in [2.75, 3.05) is 23.7 Å². The van der Waals surface area contributed by atoms with Gasteiger partial charge in [0.05, 0.1) is 4.92 Å². The van der Waals surface area contributed by atoms with Crippen LogP contribution in [0.3, 0.4) is 0 Å². The molecule has 2 N–H and O–H groups in total. The van der Waals surface area contributed by atoms with Crippen LogP contribution in [-0.4, -0.2) is 18.0 Å². The molecule has 1 aliphatic carbocycles. The molecule has 21 heavy (non-hydrogen) atoms. The second kappa shape index (κ2) is 6.33. The van der Waals surface area contributed by atoms with Gasteiger partial charge in [0.25, 0.3) is 0 Å². The lowest BCUT2D eigenvalue weighted by atomic mass is 9.92. The van der Waals surface area contributed by atoms with Gasteiger partial charge in [0.1, 0.15) is 11.4 Å². The van der Waals surface area contributed by atoms with E-state index in [-0.39, 0.29) is 10.6 Å². The van der Waals surface area contributed by atoms with Crippen molar-refractivity contribution >= 4 is 17.1 Å². The number of benzene rings is 1. The van der Waals surface area contributed by atoms with E-state index in [2.05, 4.69) is 24.5 Å². The standard InChI is InChI=1S/C16H25N3O2/c1-4-10-17-13-6-5-7-14(15(13)19(20)21)18-11-16(8-9-16)12(2)3/h5-7,12,17-18H,4,8-11H2,1-3H3. The number of rotatable bonds is 8. The Labute approximate surface area is 126 Å². The number of nitro benzene ring substituents is 1. The van der Waals surface area contributed by atoms with Gasteiger partial charge < -0.3 is 10.6 Å². The molecular weight excluding hydrogens is 266 g/mol. The van der Waals surface area contributed by atoms with Crippen molar-refractivity contribution in [3.63, 3.8) is 0 Å². The van der Waals surface area contributed by atoms with Gasteiger partial charge in [-0.1, -0.05) is 26.8 Å². The minimum absolute atomic E-state index is 0.158. The van der Waals surface area contributed by atoms with E-state index in [0.717, 1.165) is 19.5 Å². The topological polar surface area (TPSA) is 67.2 Å². The fourth-order valence-electron chi connectivity index (χ4n) is 2.68. The summed E-state index contributed by atoms with van der Waals surface area (Å²) >= 11 is 0. The minimum atomic E-state index is -0.296. The Hall–Kier alpha value is -1.78. The number of hydrogen-bond acceptors (Lipinski definition) is 4. The number of hydrogen-bond donors (Lipinski definition) is 2. The first-order chi connectivity index (χ1) is 10.00. The lowest BCUT2D eigenvalue weighted by Crippen LogP contribution is -2.21. The Morgan fingerprint density at radius 2 is 1.90 bits per heavy atom. The third-order valence-corrected chi connectivity index (χ3v) is 4.53. The van der Waals surface area contributed by atoms with Crippen LogP contribution < -0.4 is 10.6 Å². The van der Waals surface area contributed by atoms with E-state index >= 15 is 0 Å². The molecule has 5 heteroatoms. The lowest BCUT2D eigenvalue weighted by molar-refractivity contribution is -0.383. The molecule has 1 aromatic carbocycles. The van der Waals surface area contributed by atoms with E-state index in [1.807, 2.05) is 13.0 Å². The van der Waals surface area contributed by atoms with Gasteiger partial charge >= 0.3 is 5.69 Å². The van der Waals surface area contributed by atoms with Crippen molar-refractivity contribution in [2.45, 2.75) is 40.0 Å². The summed E-state index contributed by atoms with van der Waals surface area (Å²) < 4.78 is 0. The number of nitrogens with zero attached hydrogens (tertiary/aromatic N) is 1. The SMILES string of the molecule is CCCNc1cccc(NCC2(C(C)C)CC2)c1[N+](=O)[O-]. The third kappa shape index (κ3) is 3.46.